The maximum atomic E-state index is 9.72. The van der Waals surface area contributed by atoms with Crippen molar-refractivity contribution in [1.29, 1.82) is 0 Å². The highest BCUT2D eigenvalue weighted by molar-refractivity contribution is 4.67. The van der Waals surface area contributed by atoms with Crippen molar-refractivity contribution in [1.82, 2.24) is 0 Å². The van der Waals surface area contributed by atoms with Crippen LogP contribution in [0.3, 0.4) is 0 Å². The van der Waals surface area contributed by atoms with Crippen molar-refractivity contribution in [3.8, 4) is 0 Å². The average molecular weight is 230 g/mol. The van der Waals surface area contributed by atoms with Crippen molar-refractivity contribution < 1.29 is 9.84 Å². The molecule has 0 aromatic carbocycles. The van der Waals surface area contributed by atoms with Gasteiger partial charge in [-0.1, -0.05) is 41.5 Å². The Kier molecular flexibility index (Phi) is 6.57. The van der Waals surface area contributed by atoms with Crippen LogP contribution in [0, 0.1) is 10.8 Å². The molecule has 0 aromatic heterocycles. The standard InChI is InChI=1S/C14H30O2/c1-13(2,3)8-7-9-16-11-12(15)10-14(4,5)6/h12,15H,7-11H2,1-6H3. The quantitative estimate of drug-likeness (QED) is 0.706. The number of hydrogen-bond acceptors (Lipinski definition) is 2. The number of aliphatic hydroxyl groups is 1. The molecule has 0 heterocycles. The molecule has 0 aliphatic rings. The van der Waals surface area contributed by atoms with Crippen molar-refractivity contribution in [2.24, 2.45) is 10.8 Å². The molecular weight excluding hydrogens is 200 g/mol. The summed E-state index contributed by atoms with van der Waals surface area (Å²) in [6.45, 7) is 14.4. The lowest BCUT2D eigenvalue weighted by molar-refractivity contribution is 0.0134. The molecule has 0 saturated heterocycles. The summed E-state index contributed by atoms with van der Waals surface area (Å²) in [5.41, 5.74) is 0.557. The fraction of sp³-hybridized carbons (Fsp3) is 1.00. The third-order valence-electron chi connectivity index (χ3n) is 2.37. The SMILES string of the molecule is CC(C)(C)CCCOCC(O)CC(C)(C)C. The molecule has 2 heteroatoms. The van der Waals surface area contributed by atoms with Crippen LogP contribution in [0.25, 0.3) is 0 Å². The summed E-state index contributed by atoms with van der Waals surface area (Å²) < 4.78 is 5.49. The second kappa shape index (κ2) is 6.61. The topological polar surface area (TPSA) is 29.5 Å². The molecule has 98 valence electrons. The molecule has 1 atom stereocenters. The number of hydrogen-bond donors (Lipinski definition) is 1. The Morgan fingerprint density at radius 2 is 1.56 bits per heavy atom. The van der Waals surface area contributed by atoms with Gasteiger partial charge in [0.15, 0.2) is 0 Å². The predicted molar refractivity (Wildman–Crippen MR) is 69.6 cm³/mol. The van der Waals surface area contributed by atoms with Crippen molar-refractivity contribution in [3.05, 3.63) is 0 Å². The van der Waals surface area contributed by atoms with Crippen molar-refractivity contribution in [3.63, 3.8) is 0 Å². The zero-order valence-corrected chi connectivity index (χ0v) is 12.0. The van der Waals surface area contributed by atoms with Gasteiger partial charge in [0.1, 0.15) is 0 Å². The molecule has 16 heavy (non-hydrogen) atoms. The van der Waals surface area contributed by atoms with Crippen LogP contribution in [0.1, 0.15) is 60.8 Å². The Labute approximate surface area is 101 Å². The Morgan fingerprint density at radius 1 is 1.00 bits per heavy atom. The number of aliphatic hydroxyl groups excluding tert-OH is 1. The van der Waals surface area contributed by atoms with E-state index in [1.807, 2.05) is 0 Å². The second-order valence-corrected chi connectivity index (χ2v) is 7.16. The van der Waals surface area contributed by atoms with E-state index in [0.717, 1.165) is 19.4 Å². The van der Waals surface area contributed by atoms with Gasteiger partial charge in [0.2, 0.25) is 0 Å². The highest BCUT2D eigenvalue weighted by atomic mass is 16.5. The van der Waals surface area contributed by atoms with E-state index in [2.05, 4.69) is 41.5 Å². The minimum Gasteiger partial charge on any atom is -0.391 e. The van der Waals surface area contributed by atoms with Crippen molar-refractivity contribution >= 4 is 0 Å². The maximum Gasteiger partial charge on any atom is 0.0778 e. The van der Waals surface area contributed by atoms with E-state index in [9.17, 15) is 5.11 Å². The third kappa shape index (κ3) is 12.0. The highest BCUT2D eigenvalue weighted by Crippen LogP contribution is 2.22. The first kappa shape index (κ1) is 15.9. The summed E-state index contributed by atoms with van der Waals surface area (Å²) in [4.78, 5) is 0. The molecule has 0 rings (SSSR count). The summed E-state index contributed by atoms with van der Waals surface area (Å²) >= 11 is 0. The van der Waals surface area contributed by atoms with Gasteiger partial charge in [0, 0.05) is 6.61 Å². The third-order valence-corrected chi connectivity index (χ3v) is 2.37. The van der Waals surface area contributed by atoms with Crippen LogP contribution in [-0.4, -0.2) is 24.4 Å². The van der Waals surface area contributed by atoms with Crippen LogP contribution in [0.15, 0.2) is 0 Å². The van der Waals surface area contributed by atoms with Gasteiger partial charge >= 0.3 is 0 Å². The molecule has 0 saturated carbocycles. The Hall–Kier alpha value is -0.0800. The number of ether oxygens (including phenoxy) is 1. The van der Waals surface area contributed by atoms with Crippen LogP contribution >= 0.6 is 0 Å². The van der Waals surface area contributed by atoms with Gasteiger partial charge in [0.25, 0.3) is 0 Å². The molecule has 0 amide bonds. The minimum atomic E-state index is -0.324. The van der Waals surface area contributed by atoms with Crippen LogP contribution in [0.5, 0.6) is 0 Å². The zero-order valence-electron chi connectivity index (χ0n) is 12.0. The molecule has 0 aromatic rings. The first-order valence-corrected chi connectivity index (χ1v) is 6.36. The summed E-state index contributed by atoms with van der Waals surface area (Å²) in [7, 11) is 0. The van der Waals surface area contributed by atoms with E-state index in [1.165, 1.54) is 6.42 Å². The monoisotopic (exact) mass is 230 g/mol. The molecule has 0 radical (unpaired) electrons. The fourth-order valence-corrected chi connectivity index (χ4v) is 1.69. The molecule has 0 bridgehead atoms. The zero-order chi connectivity index (χ0) is 12.8. The van der Waals surface area contributed by atoms with Crippen LogP contribution in [0.4, 0.5) is 0 Å². The molecule has 0 aliphatic carbocycles. The first-order valence-electron chi connectivity index (χ1n) is 6.36. The van der Waals surface area contributed by atoms with Crippen LogP contribution in [0.2, 0.25) is 0 Å². The van der Waals surface area contributed by atoms with Crippen LogP contribution in [-0.2, 0) is 4.74 Å². The number of rotatable bonds is 6. The molecule has 2 nitrogen and oxygen atoms in total. The van der Waals surface area contributed by atoms with E-state index in [0.29, 0.717) is 12.0 Å². The van der Waals surface area contributed by atoms with Gasteiger partial charge in [-0.2, -0.15) is 0 Å². The van der Waals surface area contributed by atoms with Gasteiger partial charge in [0.05, 0.1) is 12.7 Å². The molecular formula is C14H30O2. The fourth-order valence-electron chi connectivity index (χ4n) is 1.69. The Balaban J connectivity index is 3.45. The van der Waals surface area contributed by atoms with E-state index in [-0.39, 0.29) is 11.5 Å². The first-order chi connectivity index (χ1) is 7.10. The molecule has 0 spiro atoms. The highest BCUT2D eigenvalue weighted by Gasteiger charge is 2.16. The van der Waals surface area contributed by atoms with Gasteiger partial charge in [-0.05, 0) is 30.1 Å². The van der Waals surface area contributed by atoms with Crippen LogP contribution < -0.4 is 0 Å². The van der Waals surface area contributed by atoms with Gasteiger partial charge < -0.3 is 9.84 Å². The van der Waals surface area contributed by atoms with Gasteiger partial charge in [-0.25, -0.2) is 0 Å². The van der Waals surface area contributed by atoms with E-state index < -0.39 is 0 Å². The summed E-state index contributed by atoms with van der Waals surface area (Å²) in [5.74, 6) is 0. The lowest BCUT2D eigenvalue weighted by Crippen LogP contribution is -2.22. The van der Waals surface area contributed by atoms with E-state index in [4.69, 9.17) is 4.74 Å². The lowest BCUT2D eigenvalue weighted by Gasteiger charge is -2.22. The minimum absolute atomic E-state index is 0.175. The smallest absolute Gasteiger partial charge is 0.0778 e. The molecule has 1 N–H and O–H groups in total. The van der Waals surface area contributed by atoms with Crippen molar-refractivity contribution in [2.45, 2.75) is 66.9 Å². The van der Waals surface area contributed by atoms with Gasteiger partial charge in [-0.15, -0.1) is 0 Å². The molecule has 0 fully saturated rings. The largest absolute Gasteiger partial charge is 0.391 e. The van der Waals surface area contributed by atoms with Gasteiger partial charge in [-0.3, -0.25) is 0 Å². The normalized spacial score (nSPS) is 15.2. The maximum absolute atomic E-state index is 9.72. The average Bonchev–Trinajstić information content (AvgIpc) is 1.97. The van der Waals surface area contributed by atoms with E-state index >= 15 is 0 Å². The second-order valence-electron chi connectivity index (χ2n) is 7.16. The summed E-state index contributed by atoms with van der Waals surface area (Å²) in [6.07, 6.45) is 2.72. The lowest BCUT2D eigenvalue weighted by atomic mass is 9.89. The molecule has 0 aliphatic heterocycles. The summed E-state index contributed by atoms with van der Waals surface area (Å²) in [6, 6.07) is 0. The van der Waals surface area contributed by atoms with Crippen molar-refractivity contribution in [2.75, 3.05) is 13.2 Å². The predicted octanol–water partition coefficient (Wildman–Crippen LogP) is 3.63. The molecule has 1 unspecified atom stereocenters. The Morgan fingerprint density at radius 3 is 2.00 bits per heavy atom. The van der Waals surface area contributed by atoms with E-state index in [1.54, 1.807) is 0 Å². The summed E-state index contributed by atoms with van der Waals surface area (Å²) in [5, 5.41) is 9.72. The Bertz CT molecular complexity index is 174.